The molecule has 1 aliphatic rings. The molecule has 7 nitrogen and oxygen atoms in total. The Morgan fingerprint density at radius 1 is 1.11 bits per heavy atom. The van der Waals surface area contributed by atoms with Crippen LogP contribution < -0.4 is 19.7 Å². The van der Waals surface area contributed by atoms with Gasteiger partial charge >= 0.3 is 0 Å². The second-order valence-corrected chi connectivity index (χ2v) is 9.54. The van der Waals surface area contributed by atoms with Gasteiger partial charge in [-0.15, -0.1) is 6.58 Å². The first-order chi connectivity index (χ1) is 17.9. The maximum atomic E-state index is 13.8. The van der Waals surface area contributed by atoms with Gasteiger partial charge < -0.3 is 29.0 Å². The van der Waals surface area contributed by atoms with Gasteiger partial charge in [0, 0.05) is 42.7 Å². The number of aryl methyl sites for hydroxylation is 1. The fraction of sp³-hybridized carbons (Fsp3) is 0.433. The topological polar surface area (TPSA) is 65.0 Å². The first-order valence-electron chi connectivity index (χ1n) is 13.2. The minimum absolute atomic E-state index is 0.191. The first-order valence-corrected chi connectivity index (χ1v) is 13.2. The largest absolute Gasteiger partial charge is 0.492 e. The fourth-order valence-corrected chi connectivity index (χ4v) is 4.94. The number of nitrogens with one attached hydrogen (secondary N) is 1. The molecular weight excluding hydrogens is 466 g/mol. The number of hydrogen-bond donors (Lipinski definition) is 1. The fourth-order valence-electron chi connectivity index (χ4n) is 4.94. The van der Waals surface area contributed by atoms with Crippen molar-refractivity contribution in [2.75, 3.05) is 49.7 Å². The number of rotatable bonds is 10. The molecule has 0 saturated carbocycles. The molecule has 37 heavy (non-hydrogen) atoms. The number of aromatic nitrogens is 1. The van der Waals surface area contributed by atoms with E-state index in [4.69, 9.17) is 14.2 Å². The maximum absolute atomic E-state index is 13.8. The van der Waals surface area contributed by atoms with Gasteiger partial charge in [-0.3, -0.25) is 4.79 Å². The van der Waals surface area contributed by atoms with Crippen LogP contribution in [0.5, 0.6) is 11.5 Å². The monoisotopic (exact) mass is 505 g/mol. The number of fused-ring (bicyclic) bond motifs is 1. The van der Waals surface area contributed by atoms with Gasteiger partial charge in [-0.1, -0.05) is 26.0 Å². The number of anilines is 2. The number of morpholine rings is 1. The molecule has 2 heterocycles. The molecule has 0 aliphatic carbocycles. The van der Waals surface area contributed by atoms with Crippen LogP contribution in [0.3, 0.4) is 0 Å². The zero-order valence-corrected chi connectivity index (χ0v) is 22.7. The molecule has 0 unspecified atom stereocenters. The number of allylic oxidation sites excluding steroid dienone is 1. The average molecular weight is 506 g/mol. The molecule has 1 aliphatic heterocycles. The summed E-state index contributed by atoms with van der Waals surface area (Å²) in [7, 11) is 0. The standard InChI is InChI=1S/C30H39N3O4/c1-7-12-33-25-11-10-22(20(4)5)17-23(25)21(6)29(33)30(34)31-24-18-28(37-9-3)26(19-27(24)36-8-2)32-13-15-35-16-14-32/h7,10-11,17-20H,1,8-9,12-16H2,2-6H3,(H,31,34). The van der Waals surface area contributed by atoms with Crippen molar-refractivity contribution < 1.29 is 19.0 Å². The van der Waals surface area contributed by atoms with Crippen LogP contribution in [0.15, 0.2) is 43.0 Å². The first kappa shape index (κ1) is 26.6. The Hall–Kier alpha value is -3.45. The zero-order chi connectivity index (χ0) is 26.5. The van der Waals surface area contributed by atoms with Crippen LogP contribution in [0.1, 0.15) is 55.2 Å². The lowest BCUT2D eigenvalue weighted by atomic mass is 10.0. The van der Waals surface area contributed by atoms with Crippen LogP contribution in [0, 0.1) is 6.92 Å². The molecule has 4 rings (SSSR count). The SMILES string of the molecule is C=CCn1c(C(=O)Nc2cc(OCC)c(N3CCOCC3)cc2OCC)c(C)c2cc(C(C)C)ccc21. The summed E-state index contributed by atoms with van der Waals surface area (Å²) in [5.74, 6) is 1.55. The van der Waals surface area contributed by atoms with E-state index in [1.165, 1.54) is 5.56 Å². The zero-order valence-electron chi connectivity index (χ0n) is 22.7. The minimum atomic E-state index is -0.191. The Bertz CT molecular complexity index is 1270. The molecular formula is C30H39N3O4. The summed E-state index contributed by atoms with van der Waals surface area (Å²) in [6.07, 6.45) is 1.82. The predicted octanol–water partition coefficient (Wildman–Crippen LogP) is 6.15. The Morgan fingerprint density at radius 2 is 1.81 bits per heavy atom. The number of amides is 1. The second kappa shape index (κ2) is 11.7. The number of carbonyl (C=O) groups excluding carboxylic acids is 1. The molecule has 0 atom stereocenters. The molecule has 1 aromatic heterocycles. The Labute approximate surface area is 220 Å². The van der Waals surface area contributed by atoms with Crippen molar-refractivity contribution >= 4 is 28.2 Å². The molecule has 3 aromatic rings. The summed E-state index contributed by atoms with van der Waals surface area (Å²) in [6, 6.07) is 10.3. The van der Waals surface area contributed by atoms with Gasteiger partial charge in [0.1, 0.15) is 17.2 Å². The third-order valence-electron chi connectivity index (χ3n) is 6.79. The molecule has 1 amide bonds. The summed E-state index contributed by atoms with van der Waals surface area (Å²) in [6.45, 7) is 18.6. The summed E-state index contributed by atoms with van der Waals surface area (Å²) in [4.78, 5) is 16.1. The third-order valence-corrected chi connectivity index (χ3v) is 6.79. The van der Waals surface area contributed by atoms with Crippen LogP contribution in [0.25, 0.3) is 10.9 Å². The van der Waals surface area contributed by atoms with Crippen LogP contribution in [0.2, 0.25) is 0 Å². The minimum Gasteiger partial charge on any atom is -0.492 e. The van der Waals surface area contributed by atoms with Crippen molar-refractivity contribution in [1.82, 2.24) is 4.57 Å². The molecule has 198 valence electrons. The van der Waals surface area contributed by atoms with Gasteiger partial charge in [0.25, 0.3) is 5.91 Å². The highest BCUT2D eigenvalue weighted by Crippen LogP contribution is 2.40. The number of hydrogen-bond acceptors (Lipinski definition) is 5. The normalized spacial score (nSPS) is 13.7. The van der Waals surface area contributed by atoms with Crippen molar-refractivity contribution in [2.24, 2.45) is 0 Å². The molecule has 1 fully saturated rings. The van der Waals surface area contributed by atoms with Crippen molar-refractivity contribution in [2.45, 2.75) is 47.1 Å². The Kier molecular flexibility index (Phi) is 8.44. The molecule has 0 spiro atoms. The summed E-state index contributed by atoms with van der Waals surface area (Å²) in [5, 5.41) is 4.22. The van der Waals surface area contributed by atoms with Gasteiger partial charge in [-0.2, -0.15) is 0 Å². The van der Waals surface area contributed by atoms with Gasteiger partial charge in [0.2, 0.25) is 0 Å². The van der Waals surface area contributed by atoms with E-state index in [-0.39, 0.29) is 5.91 Å². The van der Waals surface area contributed by atoms with Crippen molar-refractivity contribution in [3.05, 3.63) is 59.8 Å². The van der Waals surface area contributed by atoms with E-state index in [0.717, 1.165) is 35.2 Å². The predicted molar refractivity (Wildman–Crippen MR) is 151 cm³/mol. The van der Waals surface area contributed by atoms with Crippen LogP contribution >= 0.6 is 0 Å². The van der Waals surface area contributed by atoms with E-state index in [9.17, 15) is 4.79 Å². The second-order valence-electron chi connectivity index (χ2n) is 9.54. The van der Waals surface area contributed by atoms with Crippen LogP contribution in [0.4, 0.5) is 11.4 Å². The highest BCUT2D eigenvalue weighted by molar-refractivity contribution is 6.09. The number of benzene rings is 2. The van der Waals surface area contributed by atoms with E-state index in [0.29, 0.717) is 61.8 Å². The van der Waals surface area contributed by atoms with E-state index >= 15 is 0 Å². The van der Waals surface area contributed by atoms with Gasteiger partial charge in [0.15, 0.2) is 0 Å². The Balaban J connectivity index is 1.77. The lowest BCUT2D eigenvalue weighted by Gasteiger charge is -2.31. The van der Waals surface area contributed by atoms with E-state index < -0.39 is 0 Å². The van der Waals surface area contributed by atoms with Gasteiger partial charge in [-0.05, 0) is 49.9 Å². The summed E-state index contributed by atoms with van der Waals surface area (Å²) >= 11 is 0. The maximum Gasteiger partial charge on any atom is 0.272 e. The molecule has 1 saturated heterocycles. The smallest absolute Gasteiger partial charge is 0.272 e. The highest BCUT2D eigenvalue weighted by atomic mass is 16.5. The third kappa shape index (κ3) is 5.47. The lowest BCUT2D eigenvalue weighted by Crippen LogP contribution is -2.36. The van der Waals surface area contributed by atoms with Crippen LogP contribution in [-0.4, -0.2) is 50.0 Å². The molecule has 1 N–H and O–H groups in total. The van der Waals surface area contributed by atoms with Gasteiger partial charge in [0.05, 0.1) is 37.8 Å². The quantitative estimate of drug-likeness (QED) is 0.335. The van der Waals surface area contributed by atoms with Crippen molar-refractivity contribution in [1.29, 1.82) is 0 Å². The number of ether oxygens (including phenoxy) is 3. The molecule has 2 aromatic carbocycles. The number of nitrogens with zero attached hydrogens (tertiary/aromatic N) is 2. The number of carbonyl (C=O) groups is 1. The molecule has 0 bridgehead atoms. The van der Waals surface area contributed by atoms with E-state index in [1.807, 2.05) is 43.5 Å². The average Bonchev–Trinajstić information content (AvgIpc) is 3.17. The van der Waals surface area contributed by atoms with Gasteiger partial charge in [-0.25, -0.2) is 0 Å². The van der Waals surface area contributed by atoms with E-state index in [1.54, 1.807) is 0 Å². The summed E-state index contributed by atoms with van der Waals surface area (Å²) < 4.78 is 19.6. The highest BCUT2D eigenvalue weighted by Gasteiger charge is 2.24. The Morgan fingerprint density at radius 3 is 2.46 bits per heavy atom. The molecule has 0 radical (unpaired) electrons. The van der Waals surface area contributed by atoms with Crippen LogP contribution in [-0.2, 0) is 11.3 Å². The van der Waals surface area contributed by atoms with Crippen molar-refractivity contribution in [3.63, 3.8) is 0 Å². The van der Waals surface area contributed by atoms with Crippen molar-refractivity contribution in [3.8, 4) is 11.5 Å². The van der Waals surface area contributed by atoms with E-state index in [2.05, 4.69) is 48.8 Å². The summed E-state index contributed by atoms with van der Waals surface area (Å²) in [5.41, 5.74) is 5.37. The molecule has 7 heteroatoms. The lowest BCUT2D eigenvalue weighted by molar-refractivity contribution is 0.101.